The van der Waals surface area contributed by atoms with Gasteiger partial charge in [0.25, 0.3) is 0 Å². The van der Waals surface area contributed by atoms with Crippen molar-refractivity contribution in [3.8, 4) is 0 Å². The minimum absolute atomic E-state index is 0.332. The number of allylic oxidation sites excluding steroid dienone is 1. The van der Waals surface area contributed by atoms with Gasteiger partial charge in [-0.3, -0.25) is 0 Å². The van der Waals surface area contributed by atoms with Crippen LogP contribution in [0.1, 0.15) is 13.8 Å². The van der Waals surface area contributed by atoms with E-state index >= 15 is 0 Å². The lowest BCUT2D eigenvalue weighted by molar-refractivity contribution is -0.0716. The maximum atomic E-state index is 11.1. The molecule has 0 aromatic heterocycles. The van der Waals surface area contributed by atoms with Gasteiger partial charge in [-0.2, -0.15) is 0 Å². The Labute approximate surface area is 71.4 Å². The van der Waals surface area contributed by atoms with E-state index in [0.29, 0.717) is 18.8 Å². The molecule has 68 valence electrons. The molecule has 0 aromatic carbocycles. The second kappa shape index (κ2) is 2.79. The molecule has 1 heterocycles. The van der Waals surface area contributed by atoms with Gasteiger partial charge >= 0.3 is 6.09 Å². The first kappa shape index (κ1) is 9.06. The number of β-amino-alcohol motifs (C(OH)–C–C–N with tert-alkyl or cyclic N) is 1. The second-order valence-electron chi connectivity index (χ2n) is 3.42. The second-order valence-corrected chi connectivity index (χ2v) is 3.42. The lowest BCUT2D eigenvalue weighted by atomic mass is 9.98. The number of rotatable bonds is 1. The van der Waals surface area contributed by atoms with Gasteiger partial charge in [-0.25, -0.2) is 4.79 Å². The van der Waals surface area contributed by atoms with Gasteiger partial charge in [-0.1, -0.05) is 6.58 Å². The van der Waals surface area contributed by atoms with E-state index in [-0.39, 0.29) is 0 Å². The fourth-order valence-corrected chi connectivity index (χ4v) is 1.12. The number of aliphatic hydroxyl groups is 1. The van der Waals surface area contributed by atoms with Crippen molar-refractivity contribution in [1.82, 2.24) is 4.90 Å². The minimum Gasteiger partial charge on any atom is -0.416 e. The summed E-state index contributed by atoms with van der Waals surface area (Å²) in [7, 11) is 0. The highest BCUT2D eigenvalue weighted by atomic mass is 16.6. The first-order valence-corrected chi connectivity index (χ1v) is 3.75. The molecule has 0 atom stereocenters. The van der Waals surface area contributed by atoms with Crippen LogP contribution in [0.5, 0.6) is 0 Å². The molecule has 1 saturated heterocycles. The SMILES string of the molecule is C=C(C)OC(=O)N1CC(C)(O)C1. The third kappa shape index (κ3) is 1.98. The van der Waals surface area contributed by atoms with Crippen LogP contribution >= 0.6 is 0 Å². The number of ether oxygens (including phenoxy) is 1. The van der Waals surface area contributed by atoms with Gasteiger partial charge in [0, 0.05) is 0 Å². The topological polar surface area (TPSA) is 49.8 Å². The fraction of sp³-hybridized carbons (Fsp3) is 0.625. The molecule has 0 saturated carbocycles. The Morgan fingerprint density at radius 3 is 2.50 bits per heavy atom. The van der Waals surface area contributed by atoms with Gasteiger partial charge < -0.3 is 14.7 Å². The average Bonchev–Trinajstić information content (AvgIpc) is 1.80. The molecule has 0 unspecified atom stereocenters. The first-order valence-electron chi connectivity index (χ1n) is 3.75. The third-order valence-corrected chi connectivity index (χ3v) is 1.58. The van der Waals surface area contributed by atoms with Crippen LogP contribution in [-0.2, 0) is 4.74 Å². The maximum Gasteiger partial charge on any atom is 0.415 e. The van der Waals surface area contributed by atoms with Crippen LogP contribution in [0.25, 0.3) is 0 Å². The highest BCUT2D eigenvalue weighted by Crippen LogP contribution is 2.20. The Hall–Kier alpha value is -1.03. The molecule has 0 aromatic rings. The number of amides is 1. The van der Waals surface area contributed by atoms with Gasteiger partial charge in [0.05, 0.1) is 24.4 Å². The van der Waals surface area contributed by atoms with E-state index in [0.717, 1.165) is 0 Å². The summed E-state index contributed by atoms with van der Waals surface area (Å²) in [6, 6.07) is 0. The normalized spacial score (nSPS) is 19.8. The van der Waals surface area contributed by atoms with Crippen molar-refractivity contribution in [3.05, 3.63) is 12.3 Å². The first-order chi connectivity index (χ1) is 5.41. The van der Waals surface area contributed by atoms with Gasteiger partial charge in [0.1, 0.15) is 0 Å². The van der Waals surface area contributed by atoms with Crippen molar-refractivity contribution in [3.63, 3.8) is 0 Å². The third-order valence-electron chi connectivity index (χ3n) is 1.58. The van der Waals surface area contributed by atoms with E-state index < -0.39 is 11.7 Å². The van der Waals surface area contributed by atoms with Crippen molar-refractivity contribution in [2.75, 3.05) is 13.1 Å². The van der Waals surface area contributed by atoms with Crippen LogP contribution in [0.15, 0.2) is 12.3 Å². The molecule has 1 aliphatic heterocycles. The van der Waals surface area contributed by atoms with E-state index in [1.54, 1.807) is 13.8 Å². The highest BCUT2D eigenvalue weighted by molar-refractivity contribution is 5.70. The average molecular weight is 171 g/mol. The molecule has 1 N–H and O–H groups in total. The summed E-state index contributed by atoms with van der Waals surface area (Å²) >= 11 is 0. The lowest BCUT2D eigenvalue weighted by Gasteiger charge is -2.42. The summed E-state index contributed by atoms with van der Waals surface area (Å²) in [5.41, 5.74) is -0.742. The van der Waals surface area contributed by atoms with Gasteiger partial charge in [-0.15, -0.1) is 0 Å². The fourth-order valence-electron chi connectivity index (χ4n) is 1.12. The summed E-state index contributed by atoms with van der Waals surface area (Å²) in [5, 5.41) is 9.29. The van der Waals surface area contributed by atoms with E-state index in [1.165, 1.54) is 4.90 Å². The largest absolute Gasteiger partial charge is 0.416 e. The van der Waals surface area contributed by atoms with Crippen molar-refractivity contribution in [1.29, 1.82) is 0 Å². The lowest BCUT2D eigenvalue weighted by Crippen LogP contribution is -2.61. The summed E-state index contributed by atoms with van der Waals surface area (Å²) in [6.45, 7) is 7.39. The number of carbonyl (C=O) groups excluding carboxylic acids is 1. The van der Waals surface area contributed by atoms with Crippen LogP contribution in [0.3, 0.4) is 0 Å². The molecule has 1 amide bonds. The summed E-state index contributed by atoms with van der Waals surface area (Å²) < 4.78 is 4.73. The van der Waals surface area contributed by atoms with Crippen LogP contribution in [0.4, 0.5) is 4.79 Å². The standard InChI is InChI=1S/C8H13NO3/c1-6(2)12-7(10)9-4-8(3,11)5-9/h11H,1,4-5H2,2-3H3. The zero-order valence-electron chi connectivity index (χ0n) is 7.33. The Kier molecular flexibility index (Phi) is 2.10. The molecular formula is C8H13NO3. The van der Waals surface area contributed by atoms with Crippen LogP contribution in [-0.4, -0.2) is 34.8 Å². The number of nitrogens with zero attached hydrogens (tertiary/aromatic N) is 1. The molecular weight excluding hydrogens is 158 g/mol. The van der Waals surface area contributed by atoms with Crippen molar-refractivity contribution in [2.24, 2.45) is 0 Å². The number of hydrogen-bond donors (Lipinski definition) is 1. The minimum atomic E-state index is -0.742. The molecule has 0 spiro atoms. The van der Waals surface area contributed by atoms with Crippen LogP contribution in [0.2, 0.25) is 0 Å². The van der Waals surface area contributed by atoms with E-state index in [1.807, 2.05) is 0 Å². The van der Waals surface area contributed by atoms with Crippen LogP contribution < -0.4 is 0 Å². The van der Waals surface area contributed by atoms with Crippen molar-refractivity contribution >= 4 is 6.09 Å². The molecule has 0 bridgehead atoms. The monoisotopic (exact) mass is 171 g/mol. The van der Waals surface area contributed by atoms with Gasteiger partial charge in [-0.05, 0) is 13.8 Å². The zero-order chi connectivity index (χ0) is 9.35. The van der Waals surface area contributed by atoms with Gasteiger partial charge in [0.15, 0.2) is 0 Å². The number of hydrogen-bond acceptors (Lipinski definition) is 3. The summed E-state index contributed by atoms with van der Waals surface area (Å²) in [6.07, 6.45) is -0.436. The Morgan fingerprint density at radius 1 is 1.67 bits per heavy atom. The van der Waals surface area contributed by atoms with Crippen molar-refractivity contribution < 1.29 is 14.6 Å². The molecule has 1 fully saturated rings. The molecule has 12 heavy (non-hydrogen) atoms. The summed E-state index contributed by atoms with van der Waals surface area (Å²) in [5.74, 6) is 0.367. The Morgan fingerprint density at radius 2 is 2.17 bits per heavy atom. The van der Waals surface area contributed by atoms with Crippen molar-refractivity contribution in [2.45, 2.75) is 19.4 Å². The number of likely N-dealkylation sites (tertiary alicyclic amines) is 1. The molecule has 1 rings (SSSR count). The predicted octanol–water partition coefficient (Wildman–Crippen LogP) is 0.723. The molecule has 4 nitrogen and oxygen atoms in total. The molecule has 0 aliphatic carbocycles. The Balaban J connectivity index is 2.33. The molecule has 4 heteroatoms. The van der Waals surface area contributed by atoms with Crippen LogP contribution in [0, 0.1) is 0 Å². The number of carbonyl (C=O) groups is 1. The molecule has 1 aliphatic rings. The molecule has 0 radical (unpaired) electrons. The zero-order valence-corrected chi connectivity index (χ0v) is 7.33. The van der Waals surface area contributed by atoms with E-state index in [4.69, 9.17) is 4.74 Å². The smallest absolute Gasteiger partial charge is 0.415 e. The Bertz CT molecular complexity index is 214. The van der Waals surface area contributed by atoms with Gasteiger partial charge in [0.2, 0.25) is 0 Å². The van der Waals surface area contributed by atoms with E-state index in [9.17, 15) is 9.90 Å². The van der Waals surface area contributed by atoms with E-state index in [2.05, 4.69) is 6.58 Å². The summed E-state index contributed by atoms with van der Waals surface area (Å²) in [4.78, 5) is 12.5. The quantitative estimate of drug-likeness (QED) is 0.591. The highest BCUT2D eigenvalue weighted by Gasteiger charge is 2.40. The predicted molar refractivity (Wildman–Crippen MR) is 43.5 cm³/mol. The maximum absolute atomic E-state index is 11.1.